The summed E-state index contributed by atoms with van der Waals surface area (Å²) < 4.78 is 4.06. The molecule has 3 N–H and O–H groups in total. The summed E-state index contributed by atoms with van der Waals surface area (Å²) in [5.41, 5.74) is 5.03. The molecule has 0 atom stereocenters. The highest BCUT2D eigenvalue weighted by Gasteiger charge is 2.13. The lowest BCUT2D eigenvalue weighted by atomic mass is 10.3. The van der Waals surface area contributed by atoms with Gasteiger partial charge in [0.1, 0.15) is 10.2 Å². The van der Waals surface area contributed by atoms with E-state index in [2.05, 4.69) is 14.3 Å². The van der Waals surface area contributed by atoms with Gasteiger partial charge in [-0.25, -0.2) is 4.98 Å². The van der Waals surface area contributed by atoms with Gasteiger partial charge < -0.3 is 10.7 Å². The summed E-state index contributed by atoms with van der Waals surface area (Å²) >= 11 is 0.912. The average molecular weight is 196 g/mol. The highest BCUT2D eigenvalue weighted by atomic mass is 32.1. The molecule has 0 aliphatic heterocycles. The number of aromatic amines is 1. The quantitative estimate of drug-likeness (QED) is 0.640. The second-order valence-electron chi connectivity index (χ2n) is 2.30. The molecule has 2 aromatic rings. The predicted molar refractivity (Wildman–Crippen MR) is 46.6 cm³/mol. The molecule has 0 spiro atoms. The zero-order valence-corrected chi connectivity index (χ0v) is 7.09. The summed E-state index contributed by atoms with van der Waals surface area (Å²) in [6.45, 7) is 0. The van der Waals surface area contributed by atoms with Gasteiger partial charge in [0.05, 0.1) is 6.33 Å². The highest BCUT2D eigenvalue weighted by molar-refractivity contribution is 7.13. The first-order chi connectivity index (χ1) is 6.20. The average Bonchev–Trinajstić information content (AvgIpc) is 2.48. The monoisotopic (exact) mass is 196 g/mol. The van der Waals surface area contributed by atoms with Crippen LogP contribution in [0.1, 0.15) is 10.5 Å². The van der Waals surface area contributed by atoms with Crippen LogP contribution in [0.15, 0.2) is 11.1 Å². The molecule has 0 fully saturated rings. The smallest absolute Gasteiger partial charge is 0.270 e. The summed E-state index contributed by atoms with van der Waals surface area (Å²) in [6.07, 6.45) is 1.21. The standard InChI is InChI=1S/C6H4N4O2S/c7-5(11)3-2-4(13-10-3)6(12)9-1-8-2/h1H,(H2,7,11)(H,8,9,12). The van der Waals surface area contributed by atoms with Gasteiger partial charge >= 0.3 is 0 Å². The second-order valence-corrected chi connectivity index (χ2v) is 3.08. The van der Waals surface area contributed by atoms with Gasteiger partial charge in [0.25, 0.3) is 11.5 Å². The van der Waals surface area contributed by atoms with E-state index in [1.165, 1.54) is 6.33 Å². The maximum Gasteiger partial charge on any atom is 0.270 e. The van der Waals surface area contributed by atoms with Gasteiger partial charge in [-0.1, -0.05) is 0 Å². The number of hydrogen-bond donors (Lipinski definition) is 2. The predicted octanol–water partition coefficient (Wildman–Crippen LogP) is -0.522. The van der Waals surface area contributed by atoms with Crippen LogP contribution in [0.2, 0.25) is 0 Å². The lowest BCUT2D eigenvalue weighted by Crippen LogP contribution is -2.13. The minimum absolute atomic E-state index is 0.0473. The fourth-order valence-electron chi connectivity index (χ4n) is 0.937. The number of rotatable bonds is 1. The Labute approximate surface area is 75.6 Å². The van der Waals surface area contributed by atoms with E-state index in [0.29, 0.717) is 4.70 Å². The Morgan fingerprint density at radius 2 is 2.38 bits per heavy atom. The van der Waals surface area contributed by atoms with E-state index in [0.717, 1.165) is 11.5 Å². The zero-order valence-electron chi connectivity index (χ0n) is 6.27. The number of fused-ring (bicyclic) bond motifs is 1. The normalized spacial score (nSPS) is 10.5. The van der Waals surface area contributed by atoms with Gasteiger partial charge in [-0.3, -0.25) is 9.59 Å². The fraction of sp³-hybridized carbons (Fsp3) is 0. The van der Waals surface area contributed by atoms with Crippen LogP contribution in [-0.4, -0.2) is 20.2 Å². The molecule has 0 saturated heterocycles. The van der Waals surface area contributed by atoms with Crippen LogP contribution >= 0.6 is 11.5 Å². The van der Waals surface area contributed by atoms with Crippen molar-refractivity contribution in [3.8, 4) is 0 Å². The van der Waals surface area contributed by atoms with Crippen molar-refractivity contribution in [2.24, 2.45) is 5.73 Å². The van der Waals surface area contributed by atoms with Gasteiger partial charge in [0.2, 0.25) is 0 Å². The first kappa shape index (κ1) is 7.87. The molecule has 0 bridgehead atoms. The lowest BCUT2D eigenvalue weighted by molar-refractivity contribution is 0.0998. The molecule has 13 heavy (non-hydrogen) atoms. The number of carbonyl (C=O) groups excluding carboxylic acids is 1. The minimum atomic E-state index is -0.677. The summed E-state index contributed by atoms with van der Waals surface area (Å²) in [7, 11) is 0. The lowest BCUT2D eigenvalue weighted by Gasteiger charge is -1.87. The maximum absolute atomic E-state index is 11.1. The SMILES string of the molecule is NC(=O)c1nsc2c(=O)[nH]cnc12. The van der Waals surface area contributed by atoms with Crippen molar-refractivity contribution in [2.75, 3.05) is 0 Å². The Morgan fingerprint density at radius 1 is 1.62 bits per heavy atom. The van der Waals surface area contributed by atoms with Crippen molar-refractivity contribution in [1.29, 1.82) is 0 Å². The van der Waals surface area contributed by atoms with Gasteiger partial charge in [-0.05, 0) is 11.5 Å². The summed E-state index contributed by atoms with van der Waals surface area (Å²) in [5.74, 6) is -0.677. The van der Waals surface area contributed by atoms with Gasteiger partial charge in [0.15, 0.2) is 5.69 Å². The Balaban J connectivity index is 2.91. The molecule has 0 radical (unpaired) electrons. The third-order valence-corrected chi connectivity index (χ3v) is 2.33. The minimum Gasteiger partial charge on any atom is -0.364 e. The molecule has 0 unspecified atom stereocenters. The Bertz CT molecular complexity index is 529. The summed E-state index contributed by atoms with van der Waals surface area (Å²) in [4.78, 5) is 28.1. The van der Waals surface area contributed by atoms with Crippen LogP contribution in [0.5, 0.6) is 0 Å². The van der Waals surface area contributed by atoms with Crippen LogP contribution < -0.4 is 11.3 Å². The third kappa shape index (κ3) is 1.09. The Kier molecular flexibility index (Phi) is 1.59. The van der Waals surface area contributed by atoms with Gasteiger partial charge in [-0.2, -0.15) is 4.37 Å². The van der Waals surface area contributed by atoms with Crippen LogP contribution in [0.25, 0.3) is 10.2 Å². The molecule has 1 amide bonds. The molecule has 0 aromatic carbocycles. The number of hydrogen-bond acceptors (Lipinski definition) is 5. The molecule has 6 nitrogen and oxygen atoms in total. The number of nitrogens with one attached hydrogen (secondary N) is 1. The molecule has 2 aromatic heterocycles. The van der Waals surface area contributed by atoms with E-state index in [-0.39, 0.29) is 16.8 Å². The number of nitrogens with two attached hydrogens (primary N) is 1. The number of amides is 1. The first-order valence-electron chi connectivity index (χ1n) is 3.33. The first-order valence-corrected chi connectivity index (χ1v) is 4.10. The molecule has 2 heterocycles. The number of nitrogens with zero attached hydrogens (tertiary/aromatic N) is 2. The van der Waals surface area contributed by atoms with Crippen LogP contribution in [-0.2, 0) is 0 Å². The van der Waals surface area contributed by atoms with Gasteiger partial charge in [-0.15, -0.1) is 0 Å². The molecule has 0 aliphatic carbocycles. The molecular formula is C6H4N4O2S. The topological polar surface area (TPSA) is 102 Å². The van der Waals surface area contributed by atoms with Crippen molar-refractivity contribution in [2.45, 2.75) is 0 Å². The molecule has 0 aliphatic rings. The number of carbonyl (C=O) groups is 1. The molecular weight excluding hydrogens is 192 g/mol. The third-order valence-electron chi connectivity index (χ3n) is 1.50. The summed E-state index contributed by atoms with van der Waals surface area (Å²) in [6, 6.07) is 0. The number of H-pyrrole nitrogens is 1. The molecule has 2 rings (SSSR count). The fourth-order valence-corrected chi connectivity index (χ4v) is 1.67. The van der Waals surface area contributed by atoms with Crippen molar-refractivity contribution >= 4 is 27.7 Å². The molecule has 0 saturated carbocycles. The highest BCUT2D eigenvalue weighted by Crippen LogP contribution is 2.14. The van der Waals surface area contributed by atoms with E-state index in [1.54, 1.807) is 0 Å². The second kappa shape index (κ2) is 2.63. The van der Waals surface area contributed by atoms with Crippen LogP contribution in [0, 0.1) is 0 Å². The van der Waals surface area contributed by atoms with Crippen molar-refractivity contribution in [1.82, 2.24) is 14.3 Å². The molecule has 7 heteroatoms. The van der Waals surface area contributed by atoms with Gasteiger partial charge in [0, 0.05) is 0 Å². The molecule has 66 valence electrons. The van der Waals surface area contributed by atoms with Crippen molar-refractivity contribution < 1.29 is 4.79 Å². The Morgan fingerprint density at radius 3 is 3.08 bits per heavy atom. The van der Waals surface area contributed by atoms with E-state index in [4.69, 9.17) is 5.73 Å². The maximum atomic E-state index is 11.1. The number of aromatic nitrogens is 3. The summed E-state index contributed by atoms with van der Waals surface area (Å²) in [5, 5.41) is 0. The van der Waals surface area contributed by atoms with E-state index < -0.39 is 5.91 Å². The largest absolute Gasteiger partial charge is 0.364 e. The van der Waals surface area contributed by atoms with Crippen LogP contribution in [0.3, 0.4) is 0 Å². The Hall–Kier alpha value is -1.76. The zero-order chi connectivity index (χ0) is 9.42. The van der Waals surface area contributed by atoms with Crippen molar-refractivity contribution in [3.63, 3.8) is 0 Å². The van der Waals surface area contributed by atoms with E-state index in [1.807, 2.05) is 0 Å². The number of primary amides is 1. The van der Waals surface area contributed by atoms with Crippen LogP contribution in [0.4, 0.5) is 0 Å². The van der Waals surface area contributed by atoms with E-state index >= 15 is 0 Å². The van der Waals surface area contributed by atoms with Crippen molar-refractivity contribution in [3.05, 3.63) is 22.4 Å². The van der Waals surface area contributed by atoms with E-state index in [9.17, 15) is 9.59 Å².